The summed E-state index contributed by atoms with van der Waals surface area (Å²) in [5.41, 5.74) is -4.57. The second-order valence-electron chi connectivity index (χ2n) is 5.62. The Labute approximate surface area is 163 Å². The van der Waals surface area contributed by atoms with Crippen molar-refractivity contribution in [2.45, 2.75) is 13.1 Å². The summed E-state index contributed by atoms with van der Waals surface area (Å²) in [5.74, 6) is -3.45. The second-order valence-corrected chi connectivity index (χ2v) is 5.62. The zero-order valence-electron chi connectivity index (χ0n) is 14.8. The van der Waals surface area contributed by atoms with Gasteiger partial charge < -0.3 is 14.6 Å². The maximum atomic E-state index is 14.2. The van der Waals surface area contributed by atoms with E-state index in [0.717, 1.165) is 6.07 Å². The molecule has 9 nitrogen and oxygen atoms in total. The minimum Gasteiger partial charge on any atom is -0.446 e. The van der Waals surface area contributed by atoms with E-state index in [1.54, 1.807) is 6.07 Å². The number of aromatic amines is 1. The van der Waals surface area contributed by atoms with Gasteiger partial charge in [-0.15, -0.1) is 4.73 Å². The molecule has 3 rings (SSSR count). The molecule has 0 fully saturated rings. The van der Waals surface area contributed by atoms with Crippen LogP contribution in [-0.4, -0.2) is 19.7 Å². The van der Waals surface area contributed by atoms with Gasteiger partial charge in [0.1, 0.15) is 12.4 Å². The summed E-state index contributed by atoms with van der Waals surface area (Å²) in [6.45, 7) is 1.31. The zero-order chi connectivity index (χ0) is 22.1. The van der Waals surface area contributed by atoms with Gasteiger partial charge in [-0.05, 0) is 19.1 Å². The smallest absolute Gasteiger partial charge is 0.437 e. The van der Waals surface area contributed by atoms with Gasteiger partial charge in [0.2, 0.25) is 5.75 Å². The number of alkyl halides is 3. The van der Waals surface area contributed by atoms with Crippen LogP contribution in [0.1, 0.15) is 17.0 Å². The number of nitriles is 1. The number of rotatable bonds is 4. The lowest BCUT2D eigenvalue weighted by atomic mass is 10.2. The molecule has 0 aliphatic carbocycles. The maximum absolute atomic E-state index is 14.2. The molecule has 0 saturated heterocycles. The van der Waals surface area contributed by atoms with Crippen LogP contribution in [0.25, 0.3) is 0 Å². The summed E-state index contributed by atoms with van der Waals surface area (Å²) >= 11 is 0. The van der Waals surface area contributed by atoms with Crippen molar-refractivity contribution in [3.63, 3.8) is 0 Å². The molecule has 1 N–H and O–H groups in total. The third-order valence-corrected chi connectivity index (χ3v) is 3.64. The van der Waals surface area contributed by atoms with Gasteiger partial charge >= 0.3 is 11.7 Å². The highest BCUT2D eigenvalue weighted by molar-refractivity contribution is 5.41. The second kappa shape index (κ2) is 7.66. The number of hydrogen-bond acceptors (Lipinski definition) is 7. The monoisotopic (exact) mass is 423 g/mol. The first-order valence-corrected chi connectivity index (χ1v) is 7.91. The van der Waals surface area contributed by atoms with Gasteiger partial charge in [-0.2, -0.15) is 18.4 Å². The lowest BCUT2D eigenvalue weighted by molar-refractivity contribution is -0.143. The lowest BCUT2D eigenvalue weighted by Crippen LogP contribution is -2.30. The van der Waals surface area contributed by atoms with Gasteiger partial charge in [0.15, 0.2) is 17.3 Å². The van der Waals surface area contributed by atoms with Crippen LogP contribution in [0.3, 0.4) is 0 Å². The highest BCUT2D eigenvalue weighted by Crippen LogP contribution is 2.32. The van der Waals surface area contributed by atoms with Gasteiger partial charge in [0.05, 0.1) is 17.6 Å². The van der Waals surface area contributed by atoms with E-state index >= 15 is 0 Å². The molecule has 0 amide bonds. The predicted octanol–water partition coefficient (Wildman–Crippen LogP) is 2.30. The molecule has 0 radical (unpaired) electrons. The Bertz CT molecular complexity index is 1280. The molecular weight excluding hydrogens is 414 g/mol. The van der Waals surface area contributed by atoms with E-state index in [9.17, 15) is 27.2 Å². The van der Waals surface area contributed by atoms with E-state index in [0.29, 0.717) is 12.7 Å². The van der Waals surface area contributed by atoms with E-state index in [1.807, 2.05) is 4.98 Å². The Hall–Kier alpha value is -4.21. The first-order valence-electron chi connectivity index (χ1n) is 7.91. The summed E-state index contributed by atoms with van der Waals surface area (Å²) in [5, 5.41) is 8.87. The van der Waals surface area contributed by atoms with Crippen LogP contribution in [0.4, 0.5) is 17.6 Å². The SMILES string of the molecule is Cc1ncn(Oc2c(C(F)(F)F)nc[nH]c2=O)c(=O)c1Oc1cccc(C#N)c1F. The van der Waals surface area contributed by atoms with Crippen LogP contribution < -0.4 is 20.7 Å². The van der Waals surface area contributed by atoms with Crippen molar-refractivity contribution in [3.8, 4) is 23.3 Å². The van der Waals surface area contributed by atoms with E-state index in [1.165, 1.54) is 19.1 Å². The number of aryl methyl sites for hydroxylation is 1. The van der Waals surface area contributed by atoms with Crippen molar-refractivity contribution in [2.24, 2.45) is 0 Å². The van der Waals surface area contributed by atoms with Gasteiger partial charge in [-0.25, -0.2) is 14.4 Å². The van der Waals surface area contributed by atoms with Crippen molar-refractivity contribution in [2.75, 3.05) is 0 Å². The molecule has 1 aromatic carbocycles. The highest BCUT2D eigenvalue weighted by atomic mass is 19.4. The molecule has 30 heavy (non-hydrogen) atoms. The zero-order valence-corrected chi connectivity index (χ0v) is 14.8. The molecule has 154 valence electrons. The first kappa shape index (κ1) is 20.5. The molecule has 0 saturated carbocycles. The van der Waals surface area contributed by atoms with Crippen molar-refractivity contribution in [1.29, 1.82) is 5.26 Å². The third-order valence-electron chi connectivity index (χ3n) is 3.64. The summed E-state index contributed by atoms with van der Waals surface area (Å²) < 4.78 is 58.9. The van der Waals surface area contributed by atoms with Gasteiger partial charge in [-0.3, -0.25) is 9.59 Å². The molecule has 0 atom stereocenters. The molecule has 0 spiro atoms. The molecule has 0 unspecified atom stereocenters. The lowest BCUT2D eigenvalue weighted by Gasteiger charge is -2.14. The number of nitrogens with one attached hydrogen (secondary N) is 1. The van der Waals surface area contributed by atoms with Crippen LogP contribution in [0, 0.1) is 24.1 Å². The van der Waals surface area contributed by atoms with Crippen LogP contribution >= 0.6 is 0 Å². The Balaban J connectivity index is 2.07. The van der Waals surface area contributed by atoms with Crippen molar-refractivity contribution in [3.05, 3.63) is 74.3 Å². The number of halogens is 4. The molecule has 13 heteroatoms. The molecule has 3 aromatic rings. The Morgan fingerprint density at radius 1 is 1.20 bits per heavy atom. The average Bonchev–Trinajstić information content (AvgIpc) is 2.69. The average molecular weight is 423 g/mol. The molecule has 0 aliphatic heterocycles. The molecule has 2 aromatic heterocycles. The van der Waals surface area contributed by atoms with E-state index < -0.39 is 46.1 Å². The minimum atomic E-state index is -5.05. The summed E-state index contributed by atoms with van der Waals surface area (Å²) in [6, 6.07) is 5.18. The normalized spacial score (nSPS) is 11.1. The third kappa shape index (κ3) is 3.83. The summed E-state index contributed by atoms with van der Waals surface area (Å²) in [6.07, 6.45) is -3.82. The minimum absolute atomic E-state index is 0.0576. The van der Waals surface area contributed by atoms with Crippen LogP contribution in [0.5, 0.6) is 17.2 Å². The van der Waals surface area contributed by atoms with Crippen LogP contribution in [0.2, 0.25) is 0 Å². The van der Waals surface area contributed by atoms with Gasteiger partial charge in [0.25, 0.3) is 11.3 Å². The summed E-state index contributed by atoms with van der Waals surface area (Å²) in [7, 11) is 0. The van der Waals surface area contributed by atoms with Crippen LogP contribution in [0.15, 0.2) is 40.4 Å². The number of hydrogen-bond donors (Lipinski definition) is 1. The molecule has 2 heterocycles. The molecule has 0 aliphatic rings. The fraction of sp³-hybridized carbons (Fsp3) is 0.118. The van der Waals surface area contributed by atoms with E-state index in [2.05, 4.69) is 9.97 Å². The quantitative estimate of drug-likeness (QED) is 0.639. The highest BCUT2D eigenvalue weighted by Gasteiger charge is 2.38. The topological polar surface area (TPSA) is 123 Å². The maximum Gasteiger partial charge on any atom is 0.437 e. The van der Waals surface area contributed by atoms with Gasteiger partial charge in [-0.1, -0.05) is 6.07 Å². The first-order chi connectivity index (χ1) is 14.1. The number of nitrogens with zero attached hydrogens (tertiary/aromatic N) is 4. The standard InChI is InChI=1S/C17H9F4N5O4/c1-8-12(29-10-4-2-3-9(5-22)11(10)18)16(28)26(7-25-8)30-13-14(17(19,20)21)23-6-24-15(13)27/h2-4,6-7H,1H3,(H,23,24,27). The fourth-order valence-corrected chi connectivity index (χ4v) is 2.25. The van der Waals surface area contributed by atoms with E-state index in [4.69, 9.17) is 14.8 Å². The number of H-pyrrole nitrogens is 1. The van der Waals surface area contributed by atoms with Crippen molar-refractivity contribution in [1.82, 2.24) is 19.7 Å². The van der Waals surface area contributed by atoms with Gasteiger partial charge in [0, 0.05) is 0 Å². The molecular formula is C17H9F4N5O4. The van der Waals surface area contributed by atoms with E-state index in [-0.39, 0.29) is 16.0 Å². The molecule has 0 bridgehead atoms. The van der Waals surface area contributed by atoms with Crippen LogP contribution in [-0.2, 0) is 6.18 Å². The Kier molecular flexibility index (Phi) is 5.24. The number of benzene rings is 1. The Morgan fingerprint density at radius 2 is 1.93 bits per heavy atom. The fourth-order valence-electron chi connectivity index (χ4n) is 2.25. The largest absolute Gasteiger partial charge is 0.446 e. The number of ether oxygens (including phenoxy) is 1. The van der Waals surface area contributed by atoms with Crippen molar-refractivity contribution >= 4 is 0 Å². The Morgan fingerprint density at radius 3 is 2.60 bits per heavy atom. The van der Waals surface area contributed by atoms with Crippen molar-refractivity contribution < 1.29 is 27.1 Å². The predicted molar refractivity (Wildman–Crippen MR) is 90.3 cm³/mol. The number of aromatic nitrogens is 4. The summed E-state index contributed by atoms with van der Waals surface area (Å²) in [4.78, 5) is 37.9.